The predicted molar refractivity (Wildman–Crippen MR) is 76.3 cm³/mol. The van der Waals surface area contributed by atoms with Crippen LogP contribution in [0.2, 0.25) is 0 Å². The Morgan fingerprint density at radius 2 is 2.12 bits per heavy atom. The van der Waals surface area contributed by atoms with E-state index in [1.54, 1.807) is 0 Å². The summed E-state index contributed by atoms with van der Waals surface area (Å²) in [6.07, 6.45) is 1.05. The first kappa shape index (κ1) is 14.5. The maximum absolute atomic E-state index is 9.13. The lowest BCUT2D eigenvalue weighted by atomic mass is 10.1. The van der Waals surface area contributed by atoms with Gasteiger partial charge in [0.1, 0.15) is 0 Å². The summed E-state index contributed by atoms with van der Waals surface area (Å²) in [5.74, 6) is 0. The Morgan fingerprint density at radius 1 is 1.41 bits per heavy atom. The van der Waals surface area contributed by atoms with Crippen LogP contribution in [-0.4, -0.2) is 24.8 Å². The van der Waals surface area contributed by atoms with Crippen molar-refractivity contribution in [3.63, 3.8) is 0 Å². The van der Waals surface area contributed by atoms with E-state index >= 15 is 0 Å². The van der Waals surface area contributed by atoms with Crippen molar-refractivity contribution >= 4 is 21.6 Å². The SMILES string of the molecule is CCCN(CCO)c1ccc(Br)cc1C(C)N. The number of halogens is 1. The molecule has 96 valence electrons. The van der Waals surface area contributed by atoms with Gasteiger partial charge in [0.25, 0.3) is 0 Å². The Bertz CT molecular complexity index is 349. The van der Waals surface area contributed by atoms with Crippen molar-refractivity contribution < 1.29 is 5.11 Å². The number of benzene rings is 1. The summed E-state index contributed by atoms with van der Waals surface area (Å²) < 4.78 is 1.04. The van der Waals surface area contributed by atoms with Crippen LogP contribution in [0.5, 0.6) is 0 Å². The van der Waals surface area contributed by atoms with Gasteiger partial charge in [-0.1, -0.05) is 22.9 Å². The van der Waals surface area contributed by atoms with Crippen LogP contribution in [0.25, 0.3) is 0 Å². The first-order chi connectivity index (χ1) is 8.10. The molecule has 1 aromatic rings. The first-order valence-electron chi connectivity index (χ1n) is 6.01. The average molecular weight is 301 g/mol. The summed E-state index contributed by atoms with van der Waals surface area (Å²) in [7, 11) is 0. The highest BCUT2D eigenvalue weighted by atomic mass is 79.9. The van der Waals surface area contributed by atoms with Gasteiger partial charge < -0.3 is 15.7 Å². The molecule has 0 saturated heterocycles. The Kier molecular flexibility index (Phi) is 5.95. The molecule has 1 rings (SSSR count). The minimum Gasteiger partial charge on any atom is -0.395 e. The standard InChI is InChI=1S/C13H21BrN2O/c1-3-6-16(7-8-17)13-5-4-11(14)9-12(13)10(2)15/h4-5,9-10,17H,3,6-8,15H2,1-2H3. The van der Waals surface area contributed by atoms with E-state index in [-0.39, 0.29) is 12.6 Å². The molecule has 0 bridgehead atoms. The summed E-state index contributed by atoms with van der Waals surface area (Å²) >= 11 is 3.47. The van der Waals surface area contributed by atoms with Gasteiger partial charge in [-0.15, -0.1) is 0 Å². The van der Waals surface area contributed by atoms with Gasteiger partial charge in [-0.2, -0.15) is 0 Å². The fourth-order valence-corrected chi connectivity index (χ4v) is 2.30. The molecule has 1 aromatic carbocycles. The molecule has 0 amide bonds. The molecule has 1 atom stereocenters. The molecule has 0 aliphatic carbocycles. The van der Waals surface area contributed by atoms with E-state index in [0.29, 0.717) is 6.54 Å². The highest BCUT2D eigenvalue weighted by Crippen LogP contribution is 2.28. The van der Waals surface area contributed by atoms with Crippen LogP contribution in [0, 0.1) is 0 Å². The molecule has 1 unspecified atom stereocenters. The molecule has 0 aliphatic heterocycles. The summed E-state index contributed by atoms with van der Waals surface area (Å²) in [5.41, 5.74) is 8.24. The summed E-state index contributed by atoms with van der Waals surface area (Å²) in [6.45, 7) is 5.86. The van der Waals surface area contributed by atoms with Crippen LogP contribution < -0.4 is 10.6 Å². The second-order valence-electron chi connectivity index (χ2n) is 4.20. The zero-order valence-corrected chi connectivity index (χ0v) is 12.1. The second kappa shape index (κ2) is 6.99. The number of aliphatic hydroxyl groups excluding tert-OH is 1. The van der Waals surface area contributed by atoms with Gasteiger partial charge >= 0.3 is 0 Å². The Hall–Kier alpha value is -0.580. The molecule has 4 heteroatoms. The predicted octanol–water partition coefficient (Wildman–Crippen LogP) is 2.68. The first-order valence-corrected chi connectivity index (χ1v) is 6.80. The Morgan fingerprint density at radius 3 is 2.65 bits per heavy atom. The van der Waals surface area contributed by atoms with Gasteiger partial charge in [0.15, 0.2) is 0 Å². The van der Waals surface area contributed by atoms with E-state index in [0.717, 1.165) is 28.7 Å². The minimum absolute atomic E-state index is 0.0134. The molecule has 0 aromatic heterocycles. The third-order valence-electron chi connectivity index (χ3n) is 2.68. The third-order valence-corrected chi connectivity index (χ3v) is 3.18. The van der Waals surface area contributed by atoms with Gasteiger partial charge in [0.2, 0.25) is 0 Å². The number of rotatable bonds is 6. The molecule has 0 fully saturated rings. The van der Waals surface area contributed by atoms with Crippen molar-refractivity contribution in [1.29, 1.82) is 0 Å². The number of aliphatic hydroxyl groups is 1. The molecule has 0 aliphatic rings. The van der Waals surface area contributed by atoms with Crippen LogP contribution in [-0.2, 0) is 0 Å². The smallest absolute Gasteiger partial charge is 0.0606 e. The van der Waals surface area contributed by atoms with Crippen LogP contribution in [0.3, 0.4) is 0 Å². The van der Waals surface area contributed by atoms with Crippen molar-refractivity contribution in [2.45, 2.75) is 26.3 Å². The van der Waals surface area contributed by atoms with Crippen LogP contribution in [0.15, 0.2) is 22.7 Å². The van der Waals surface area contributed by atoms with Crippen molar-refractivity contribution in [2.24, 2.45) is 5.73 Å². The van der Waals surface area contributed by atoms with E-state index in [2.05, 4.69) is 39.9 Å². The van der Waals surface area contributed by atoms with E-state index < -0.39 is 0 Å². The van der Waals surface area contributed by atoms with Gasteiger partial charge in [-0.25, -0.2) is 0 Å². The molecule has 0 radical (unpaired) electrons. The van der Waals surface area contributed by atoms with E-state index in [4.69, 9.17) is 10.8 Å². The van der Waals surface area contributed by atoms with Crippen LogP contribution in [0.4, 0.5) is 5.69 Å². The number of nitrogens with two attached hydrogens (primary N) is 1. The fraction of sp³-hybridized carbons (Fsp3) is 0.538. The molecule has 17 heavy (non-hydrogen) atoms. The topological polar surface area (TPSA) is 49.5 Å². The van der Waals surface area contributed by atoms with Crippen molar-refractivity contribution in [1.82, 2.24) is 0 Å². The number of hydrogen-bond donors (Lipinski definition) is 2. The van der Waals surface area contributed by atoms with E-state index in [1.807, 2.05) is 13.0 Å². The van der Waals surface area contributed by atoms with Gasteiger partial charge in [0, 0.05) is 29.3 Å². The lowest BCUT2D eigenvalue weighted by Crippen LogP contribution is -2.29. The van der Waals surface area contributed by atoms with E-state index in [9.17, 15) is 0 Å². The van der Waals surface area contributed by atoms with Crippen molar-refractivity contribution in [3.8, 4) is 0 Å². The zero-order chi connectivity index (χ0) is 12.8. The van der Waals surface area contributed by atoms with E-state index in [1.165, 1.54) is 0 Å². The third kappa shape index (κ3) is 3.98. The monoisotopic (exact) mass is 300 g/mol. The number of anilines is 1. The average Bonchev–Trinajstić information content (AvgIpc) is 2.28. The number of nitrogens with zero attached hydrogens (tertiary/aromatic N) is 1. The summed E-state index contributed by atoms with van der Waals surface area (Å²) in [6, 6.07) is 6.12. The maximum atomic E-state index is 9.13. The van der Waals surface area contributed by atoms with Crippen molar-refractivity contribution in [3.05, 3.63) is 28.2 Å². The Labute approximate surface area is 112 Å². The fourth-order valence-electron chi connectivity index (χ4n) is 1.92. The molecular weight excluding hydrogens is 280 g/mol. The lowest BCUT2D eigenvalue weighted by molar-refractivity contribution is 0.301. The highest BCUT2D eigenvalue weighted by molar-refractivity contribution is 9.10. The molecule has 0 heterocycles. The maximum Gasteiger partial charge on any atom is 0.0606 e. The number of hydrogen-bond acceptors (Lipinski definition) is 3. The quantitative estimate of drug-likeness (QED) is 0.849. The molecule has 0 saturated carbocycles. The summed E-state index contributed by atoms with van der Waals surface area (Å²) in [5, 5.41) is 9.13. The normalized spacial score (nSPS) is 12.5. The van der Waals surface area contributed by atoms with Crippen molar-refractivity contribution in [2.75, 3.05) is 24.6 Å². The van der Waals surface area contributed by atoms with Gasteiger partial charge in [0.05, 0.1) is 6.61 Å². The Balaban J connectivity index is 3.07. The second-order valence-corrected chi connectivity index (χ2v) is 5.12. The molecule has 3 nitrogen and oxygen atoms in total. The molecular formula is C13H21BrN2O. The minimum atomic E-state index is -0.0134. The largest absolute Gasteiger partial charge is 0.395 e. The van der Waals surface area contributed by atoms with Crippen LogP contribution >= 0.6 is 15.9 Å². The van der Waals surface area contributed by atoms with Gasteiger partial charge in [-0.3, -0.25) is 0 Å². The highest BCUT2D eigenvalue weighted by Gasteiger charge is 2.13. The van der Waals surface area contributed by atoms with Crippen LogP contribution in [0.1, 0.15) is 31.9 Å². The molecule has 0 spiro atoms. The molecule has 3 N–H and O–H groups in total. The summed E-state index contributed by atoms with van der Waals surface area (Å²) in [4.78, 5) is 2.19. The zero-order valence-electron chi connectivity index (χ0n) is 10.5. The lowest BCUT2D eigenvalue weighted by Gasteiger charge is -2.27. The van der Waals surface area contributed by atoms with Gasteiger partial charge in [-0.05, 0) is 37.1 Å².